The van der Waals surface area contributed by atoms with Crippen LogP contribution in [-0.4, -0.2) is 126 Å². The first-order valence-corrected chi connectivity index (χ1v) is 26.5. The van der Waals surface area contributed by atoms with Crippen molar-refractivity contribution in [3.63, 3.8) is 0 Å². The number of para-hydroxylation sites is 2. The standard InChI is InChI=1S/C30H35N3O4.C26H27ClN2O3.C4H9NO.CH4/c1-20(2)37-29(35)24-18-33(19-30(3,4)26-23-10-5-6-11-25(23)31-27(24)26)28(34)22-9-7-8-21(16-22)17-32-12-14-36-15-13-32;1-16(2)32-25(31)20-14-29(24(30)18-9-7-8-17(12-18)13-27)15-26(3,4)22-19-10-5-6-11-21(19)28-23(20)22;1-3-6-4-2-5-1;/h5-11,16,18,20,31H,12-15,17,19H2,1-4H3;5-12,14,16,28H,13,15H2,1-4H3;5H,1-4H2;1H4. The van der Waals surface area contributed by atoms with Gasteiger partial charge in [0.05, 0.1) is 61.2 Å². The van der Waals surface area contributed by atoms with E-state index < -0.39 is 22.8 Å². The summed E-state index contributed by atoms with van der Waals surface area (Å²) in [6, 6.07) is 31.1. The van der Waals surface area contributed by atoms with Gasteiger partial charge in [-0.3, -0.25) is 14.5 Å². The van der Waals surface area contributed by atoms with Crippen LogP contribution in [0.3, 0.4) is 0 Å². The van der Waals surface area contributed by atoms with Crippen molar-refractivity contribution in [1.29, 1.82) is 0 Å². The zero-order valence-electron chi connectivity index (χ0n) is 44.5. The summed E-state index contributed by atoms with van der Waals surface area (Å²) in [6.07, 6.45) is 2.74. The van der Waals surface area contributed by atoms with Gasteiger partial charge in [0.15, 0.2) is 0 Å². The number of fused-ring (bicyclic) bond motifs is 6. The fourth-order valence-corrected chi connectivity index (χ4v) is 10.4. The molecule has 4 aliphatic heterocycles. The lowest BCUT2D eigenvalue weighted by Crippen LogP contribution is -2.37. The molecule has 2 saturated heterocycles. The Morgan fingerprint density at radius 2 is 1.04 bits per heavy atom. The van der Waals surface area contributed by atoms with Crippen molar-refractivity contribution >= 4 is 68.3 Å². The number of benzene rings is 4. The molecule has 2 fully saturated rings. The second kappa shape index (κ2) is 25.1. The van der Waals surface area contributed by atoms with Crippen molar-refractivity contribution in [2.75, 3.05) is 65.7 Å². The van der Waals surface area contributed by atoms with Crippen molar-refractivity contribution in [3.8, 4) is 0 Å². The fraction of sp³-hybridized carbons (Fsp3) is 0.410. The molecule has 15 heteroatoms. The van der Waals surface area contributed by atoms with Crippen LogP contribution in [0, 0.1) is 0 Å². The number of rotatable bonds is 9. The first-order chi connectivity index (χ1) is 35.9. The Balaban J connectivity index is 0.000000198. The summed E-state index contributed by atoms with van der Waals surface area (Å²) in [5.41, 5.74) is 8.29. The summed E-state index contributed by atoms with van der Waals surface area (Å²) >= 11 is 5.97. The van der Waals surface area contributed by atoms with Crippen LogP contribution in [0.1, 0.15) is 117 Å². The number of aromatic nitrogens is 2. The number of carbonyl (C=O) groups excluding carboxylic acids is 4. The monoisotopic (exact) mass is 1050 g/mol. The molecule has 2 amide bonds. The van der Waals surface area contributed by atoms with E-state index in [1.54, 1.807) is 34.3 Å². The first-order valence-electron chi connectivity index (χ1n) is 26.0. The van der Waals surface area contributed by atoms with Crippen LogP contribution in [0.4, 0.5) is 0 Å². The van der Waals surface area contributed by atoms with Crippen molar-refractivity contribution in [2.45, 2.75) is 98.3 Å². The average Bonchev–Trinajstić information content (AvgIpc) is 3.93. The van der Waals surface area contributed by atoms with Crippen molar-refractivity contribution in [3.05, 3.63) is 154 Å². The van der Waals surface area contributed by atoms with E-state index in [-0.39, 0.29) is 31.4 Å². The Hall–Kier alpha value is -6.55. The third-order valence-electron chi connectivity index (χ3n) is 13.5. The summed E-state index contributed by atoms with van der Waals surface area (Å²) in [5, 5.41) is 5.24. The van der Waals surface area contributed by atoms with Crippen LogP contribution in [0.25, 0.3) is 33.0 Å². The Bertz CT molecular complexity index is 3070. The second-order valence-electron chi connectivity index (χ2n) is 21.3. The summed E-state index contributed by atoms with van der Waals surface area (Å²) in [7, 11) is 0. The van der Waals surface area contributed by atoms with Gasteiger partial charge in [-0.15, -0.1) is 11.6 Å². The van der Waals surface area contributed by atoms with Crippen LogP contribution in [0.5, 0.6) is 0 Å². The molecule has 0 bridgehead atoms. The van der Waals surface area contributed by atoms with Crippen molar-refractivity contribution < 1.29 is 38.1 Å². The predicted molar refractivity (Wildman–Crippen MR) is 302 cm³/mol. The van der Waals surface area contributed by atoms with Gasteiger partial charge in [-0.05, 0) is 86.3 Å². The number of nitrogens with one attached hydrogen (secondary N) is 3. The third kappa shape index (κ3) is 13.3. The molecule has 0 atom stereocenters. The highest BCUT2D eigenvalue weighted by Crippen LogP contribution is 2.42. The molecule has 14 nitrogen and oxygen atoms in total. The van der Waals surface area contributed by atoms with E-state index in [4.69, 9.17) is 30.5 Å². The fourth-order valence-electron chi connectivity index (χ4n) is 10.2. The number of ether oxygens (including phenoxy) is 4. The van der Waals surface area contributed by atoms with Crippen molar-refractivity contribution in [1.82, 2.24) is 30.0 Å². The molecule has 2 aromatic heterocycles. The summed E-state index contributed by atoms with van der Waals surface area (Å²) in [4.78, 5) is 66.4. The number of aromatic amines is 2. The molecule has 4 aliphatic rings. The van der Waals surface area contributed by atoms with E-state index in [9.17, 15) is 19.2 Å². The lowest BCUT2D eigenvalue weighted by atomic mass is 9.81. The number of alkyl halides is 1. The number of carbonyl (C=O) groups is 4. The zero-order chi connectivity index (χ0) is 53.4. The molecule has 6 heterocycles. The molecule has 0 spiro atoms. The number of amides is 2. The van der Waals surface area contributed by atoms with E-state index in [1.165, 1.54) is 0 Å². The Labute approximate surface area is 452 Å². The quantitative estimate of drug-likeness (QED) is 0.0940. The van der Waals surface area contributed by atoms with Gasteiger partial charge in [0.1, 0.15) is 0 Å². The lowest BCUT2D eigenvalue weighted by molar-refractivity contribution is -0.141. The van der Waals surface area contributed by atoms with Gasteiger partial charge in [-0.1, -0.05) is 95.8 Å². The molecule has 0 radical (unpaired) electrons. The van der Waals surface area contributed by atoms with Gasteiger partial charge in [-0.25, -0.2) is 9.59 Å². The first kappa shape index (κ1) is 57.2. The highest BCUT2D eigenvalue weighted by molar-refractivity contribution is 6.20. The summed E-state index contributed by atoms with van der Waals surface area (Å²) in [6.45, 7) is 24.4. The van der Waals surface area contributed by atoms with Gasteiger partial charge in [0, 0.05) is 108 Å². The van der Waals surface area contributed by atoms with E-state index in [0.717, 1.165) is 103 Å². The number of H-pyrrole nitrogens is 2. The van der Waals surface area contributed by atoms with E-state index >= 15 is 0 Å². The van der Waals surface area contributed by atoms with E-state index in [1.807, 2.05) is 100 Å². The van der Waals surface area contributed by atoms with Crippen LogP contribution < -0.4 is 5.32 Å². The topological polar surface area (TPSA) is 159 Å². The molecule has 0 aliphatic carbocycles. The predicted octanol–water partition coefficient (Wildman–Crippen LogP) is 10.6. The maximum atomic E-state index is 13.9. The number of halogens is 1. The molecule has 6 aromatic rings. The van der Waals surface area contributed by atoms with Crippen LogP contribution in [-0.2, 0) is 51.8 Å². The minimum Gasteiger partial charge on any atom is -0.459 e. The number of nitrogens with zero attached hydrogens (tertiary/aromatic N) is 3. The van der Waals surface area contributed by atoms with Crippen LogP contribution >= 0.6 is 11.6 Å². The zero-order valence-corrected chi connectivity index (χ0v) is 45.3. The summed E-state index contributed by atoms with van der Waals surface area (Å²) < 4.78 is 21.6. The Morgan fingerprint density at radius 1 is 0.605 bits per heavy atom. The maximum absolute atomic E-state index is 13.9. The molecule has 3 N–H and O–H groups in total. The number of hydrogen-bond acceptors (Lipinski definition) is 10. The van der Waals surface area contributed by atoms with Crippen LogP contribution in [0.2, 0.25) is 0 Å². The van der Waals surface area contributed by atoms with Gasteiger partial charge in [0.2, 0.25) is 0 Å². The normalized spacial score (nSPS) is 17.0. The molecule has 404 valence electrons. The van der Waals surface area contributed by atoms with E-state index in [2.05, 4.69) is 60.0 Å². The molecule has 0 saturated carbocycles. The number of morpholine rings is 2. The Morgan fingerprint density at radius 3 is 1.46 bits per heavy atom. The van der Waals surface area contributed by atoms with Crippen LogP contribution in [0.15, 0.2) is 109 Å². The largest absolute Gasteiger partial charge is 0.459 e. The SMILES string of the molecule is C.C1COCCN1.CC(C)OC(=O)C1=CN(C(=O)c2cccc(CCl)c2)CC(C)(C)c2c1[nH]c1ccccc21.CC(C)OC(=O)C1=CN(C(=O)c2cccc(CN3CCOCC3)c2)CC(C)(C)c2c1[nH]c1ccccc21. The van der Waals surface area contributed by atoms with Crippen molar-refractivity contribution in [2.24, 2.45) is 0 Å². The van der Waals surface area contributed by atoms with Gasteiger partial charge in [0.25, 0.3) is 11.8 Å². The minimum absolute atomic E-state index is 0. The van der Waals surface area contributed by atoms with E-state index in [0.29, 0.717) is 52.6 Å². The summed E-state index contributed by atoms with van der Waals surface area (Å²) in [5.74, 6) is -0.905. The smallest absolute Gasteiger partial charge is 0.342 e. The van der Waals surface area contributed by atoms with Gasteiger partial charge < -0.3 is 44.0 Å². The lowest BCUT2D eigenvalue weighted by Gasteiger charge is -2.30. The molecule has 4 aromatic carbocycles. The molecule has 10 rings (SSSR count). The van der Waals surface area contributed by atoms with Gasteiger partial charge in [-0.2, -0.15) is 0 Å². The third-order valence-corrected chi connectivity index (χ3v) is 13.8. The highest BCUT2D eigenvalue weighted by atomic mass is 35.5. The Kier molecular flexibility index (Phi) is 18.9. The van der Waals surface area contributed by atoms with Gasteiger partial charge >= 0.3 is 11.9 Å². The molecule has 76 heavy (non-hydrogen) atoms. The number of esters is 2. The molecular formula is C61H75ClN6O8. The maximum Gasteiger partial charge on any atom is 0.342 e. The number of hydrogen-bond donors (Lipinski definition) is 3. The average molecular weight is 1060 g/mol. The second-order valence-corrected chi connectivity index (χ2v) is 21.5. The molecular weight excluding hydrogens is 980 g/mol. The minimum atomic E-state index is -0.460. The highest BCUT2D eigenvalue weighted by Gasteiger charge is 2.39. The molecule has 0 unspecified atom stereocenters.